The van der Waals surface area contributed by atoms with Crippen LogP contribution in [0.1, 0.15) is 86.3 Å². The number of carbonyl (C=O) groups is 2. The SMILES string of the molecule is CCOC(=O)c1cn(C2CC2)c2c(Cl)c(-c3cc4c(s3)CCCC4NC(=O)OC(C)(C)C)ccc2c1=O. The van der Waals surface area contributed by atoms with Crippen molar-refractivity contribution in [3.05, 3.63) is 55.6 Å². The van der Waals surface area contributed by atoms with Gasteiger partial charge in [-0.05, 0) is 77.5 Å². The van der Waals surface area contributed by atoms with Gasteiger partial charge in [0.25, 0.3) is 0 Å². The highest BCUT2D eigenvalue weighted by atomic mass is 35.5. The van der Waals surface area contributed by atoms with Gasteiger partial charge in [0.2, 0.25) is 5.43 Å². The number of halogens is 1. The number of ether oxygens (including phenoxy) is 2. The molecule has 2 aliphatic carbocycles. The van der Waals surface area contributed by atoms with Gasteiger partial charge in [-0.1, -0.05) is 17.7 Å². The molecule has 1 fully saturated rings. The molecule has 3 aromatic rings. The maximum atomic E-state index is 13.2. The second-order valence-corrected chi connectivity index (χ2v) is 12.1. The second kappa shape index (κ2) is 9.80. The topological polar surface area (TPSA) is 86.6 Å². The minimum Gasteiger partial charge on any atom is -0.462 e. The Bertz CT molecular complexity index is 1450. The van der Waals surface area contributed by atoms with E-state index in [1.807, 2.05) is 31.4 Å². The summed E-state index contributed by atoms with van der Waals surface area (Å²) in [4.78, 5) is 40.3. The van der Waals surface area contributed by atoms with Crippen LogP contribution in [-0.4, -0.2) is 28.8 Å². The van der Waals surface area contributed by atoms with Crippen molar-refractivity contribution in [2.45, 2.75) is 77.5 Å². The molecule has 2 aliphatic rings. The molecule has 2 heterocycles. The monoisotopic (exact) mass is 542 g/mol. The van der Waals surface area contributed by atoms with E-state index in [1.165, 1.54) is 4.88 Å². The zero-order valence-electron chi connectivity index (χ0n) is 21.5. The van der Waals surface area contributed by atoms with Gasteiger partial charge in [0, 0.05) is 32.9 Å². The number of rotatable bonds is 5. The first-order chi connectivity index (χ1) is 17.6. The third kappa shape index (κ3) is 5.14. The van der Waals surface area contributed by atoms with Crippen LogP contribution in [-0.2, 0) is 15.9 Å². The Hall–Kier alpha value is -2.84. The van der Waals surface area contributed by atoms with Gasteiger partial charge in [-0.25, -0.2) is 9.59 Å². The smallest absolute Gasteiger partial charge is 0.408 e. The van der Waals surface area contributed by atoms with Crippen LogP contribution in [0.15, 0.2) is 29.2 Å². The number of amides is 1. The number of nitrogens with zero attached hydrogens (tertiary/aromatic N) is 1. The van der Waals surface area contributed by atoms with Gasteiger partial charge in [-0.3, -0.25) is 4.79 Å². The van der Waals surface area contributed by atoms with Crippen molar-refractivity contribution in [2.24, 2.45) is 0 Å². The predicted molar refractivity (Wildman–Crippen MR) is 146 cm³/mol. The molecule has 1 aromatic carbocycles. The fraction of sp³-hybridized carbons (Fsp3) is 0.464. The third-order valence-electron chi connectivity index (χ3n) is 6.64. The average Bonchev–Trinajstić information content (AvgIpc) is 3.57. The third-order valence-corrected chi connectivity index (χ3v) is 8.26. The molecular weight excluding hydrogens is 512 g/mol. The first-order valence-corrected chi connectivity index (χ1v) is 13.9. The number of alkyl carbamates (subject to hydrolysis) is 1. The normalized spacial score (nSPS) is 17.4. The van der Waals surface area contributed by atoms with Crippen molar-refractivity contribution >= 4 is 45.9 Å². The molecule has 0 radical (unpaired) electrons. The summed E-state index contributed by atoms with van der Waals surface area (Å²) in [5.74, 6) is -0.613. The zero-order valence-corrected chi connectivity index (χ0v) is 23.1. The van der Waals surface area contributed by atoms with Gasteiger partial charge in [-0.2, -0.15) is 0 Å². The standard InChI is InChI=1S/C28H31ClN2O5S/c1-5-35-26(33)19-14-31(15-9-10-15)24-17(25(19)32)12-11-16(23(24)29)22-13-18-20(7-6-8-21(18)37-22)30-27(34)36-28(2,3)4/h11-15,20H,5-10H2,1-4H3,(H,30,34). The Morgan fingerprint density at radius 2 is 1.97 bits per heavy atom. The summed E-state index contributed by atoms with van der Waals surface area (Å²) in [5.41, 5.74) is 1.67. The summed E-state index contributed by atoms with van der Waals surface area (Å²) in [6.07, 6.45) is 5.86. The lowest BCUT2D eigenvalue weighted by Gasteiger charge is -2.26. The van der Waals surface area contributed by atoms with E-state index in [1.54, 1.807) is 30.5 Å². The van der Waals surface area contributed by atoms with Crippen LogP contribution < -0.4 is 10.7 Å². The maximum Gasteiger partial charge on any atom is 0.408 e. The quantitative estimate of drug-likeness (QED) is 0.358. The minimum atomic E-state index is -0.613. The summed E-state index contributed by atoms with van der Waals surface area (Å²) in [7, 11) is 0. The van der Waals surface area contributed by atoms with Gasteiger partial charge in [0.15, 0.2) is 0 Å². The highest BCUT2D eigenvalue weighted by molar-refractivity contribution is 7.15. The average molecular weight is 543 g/mol. The number of pyridine rings is 1. The molecule has 37 heavy (non-hydrogen) atoms. The van der Waals surface area contributed by atoms with E-state index in [9.17, 15) is 14.4 Å². The molecule has 7 nitrogen and oxygen atoms in total. The lowest BCUT2D eigenvalue weighted by Crippen LogP contribution is -2.35. The highest BCUT2D eigenvalue weighted by Gasteiger charge is 2.30. The van der Waals surface area contributed by atoms with Crippen molar-refractivity contribution < 1.29 is 19.1 Å². The number of carbonyl (C=O) groups excluding carboxylic acids is 2. The van der Waals surface area contributed by atoms with Crippen LogP contribution in [0.3, 0.4) is 0 Å². The van der Waals surface area contributed by atoms with Crippen LogP contribution in [0.4, 0.5) is 4.79 Å². The molecule has 1 saturated carbocycles. The summed E-state index contributed by atoms with van der Waals surface area (Å²) in [5, 5.41) is 3.94. The number of fused-ring (bicyclic) bond motifs is 2. The maximum absolute atomic E-state index is 13.2. The summed E-state index contributed by atoms with van der Waals surface area (Å²) >= 11 is 8.68. The van der Waals surface area contributed by atoms with Crippen molar-refractivity contribution in [3.63, 3.8) is 0 Å². The number of aromatic nitrogens is 1. The van der Waals surface area contributed by atoms with Crippen molar-refractivity contribution in [2.75, 3.05) is 6.61 Å². The Labute approximate surface area is 224 Å². The van der Waals surface area contributed by atoms with Gasteiger partial charge in [0.05, 0.1) is 23.2 Å². The molecule has 1 amide bonds. The number of esters is 1. The molecule has 0 saturated heterocycles. The molecule has 1 N–H and O–H groups in total. The van der Waals surface area contributed by atoms with Crippen molar-refractivity contribution in [1.29, 1.82) is 0 Å². The molecule has 1 unspecified atom stereocenters. The van der Waals surface area contributed by atoms with Crippen LogP contribution in [0.5, 0.6) is 0 Å². The van der Waals surface area contributed by atoms with E-state index in [4.69, 9.17) is 21.1 Å². The molecule has 0 aliphatic heterocycles. The Kier molecular flexibility index (Phi) is 6.83. The molecule has 196 valence electrons. The van der Waals surface area contributed by atoms with E-state index < -0.39 is 17.7 Å². The minimum absolute atomic E-state index is 0.0349. The van der Waals surface area contributed by atoms with Crippen molar-refractivity contribution in [3.8, 4) is 10.4 Å². The Morgan fingerprint density at radius 1 is 1.22 bits per heavy atom. The van der Waals surface area contributed by atoms with Gasteiger partial charge < -0.3 is 19.4 Å². The number of hydrogen-bond acceptors (Lipinski definition) is 6. The fourth-order valence-corrected chi connectivity index (χ4v) is 6.60. The number of thiophene rings is 1. The molecular formula is C28H31ClN2O5S. The molecule has 2 aromatic heterocycles. The lowest BCUT2D eigenvalue weighted by molar-refractivity contribution is 0.0495. The van der Waals surface area contributed by atoms with Crippen LogP contribution in [0.25, 0.3) is 21.3 Å². The number of benzene rings is 1. The molecule has 0 spiro atoms. The van der Waals surface area contributed by atoms with Gasteiger partial charge >= 0.3 is 12.1 Å². The highest BCUT2D eigenvalue weighted by Crippen LogP contribution is 2.45. The Balaban J connectivity index is 1.55. The zero-order chi connectivity index (χ0) is 26.5. The number of hydrogen-bond donors (Lipinski definition) is 1. The van der Waals surface area contributed by atoms with Gasteiger partial charge in [-0.15, -0.1) is 11.3 Å². The number of nitrogens with one attached hydrogen (secondary N) is 1. The number of aryl methyl sites for hydroxylation is 1. The first kappa shape index (κ1) is 25.8. The van der Waals surface area contributed by atoms with E-state index in [0.717, 1.165) is 48.1 Å². The second-order valence-electron chi connectivity index (χ2n) is 10.6. The predicted octanol–water partition coefficient (Wildman–Crippen LogP) is 6.80. The molecule has 5 rings (SSSR count). The van der Waals surface area contributed by atoms with E-state index in [-0.39, 0.29) is 29.7 Å². The van der Waals surface area contributed by atoms with E-state index in [2.05, 4.69) is 11.4 Å². The fourth-order valence-electron chi connectivity index (χ4n) is 4.88. The molecule has 1 atom stereocenters. The first-order valence-electron chi connectivity index (χ1n) is 12.7. The van der Waals surface area contributed by atoms with Crippen LogP contribution in [0.2, 0.25) is 5.02 Å². The van der Waals surface area contributed by atoms with E-state index >= 15 is 0 Å². The van der Waals surface area contributed by atoms with Crippen LogP contribution in [0, 0.1) is 0 Å². The summed E-state index contributed by atoms with van der Waals surface area (Å²) in [6, 6.07) is 5.78. The summed E-state index contributed by atoms with van der Waals surface area (Å²) in [6.45, 7) is 7.46. The molecule has 0 bridgehead atoms. The van der Waals surface area contributed by atoms with Crippen LogP contribution >= 0.6 is 22.9 Å². The van der Waals surface area contributed by atoms with E-state index in [0.29, 0.717) is 15.9 Å². The molecule has 9 heteroatoms. The largest absolute Gasteiger partial charge is 0.462 e. The Morgan fingerprint density at radius 3 is 2.65 bits per heavy atom. The lowest BCUT2D eigenvalue weighted by atomic mass is 9.93. The summed E-state index contributed by atoms with van der Waals surface area (Å²) < 4.78 is 12.6. The van der Waals surface area contributed by atoms with Crippen molar-refractivity contribution in [1.82, 2.24) is 9.88 Å². The van der Waals surface area contributed by atoms with Gasteiger partial charge in [0.1, 0.15) is 11.2 Å².